The Balaban J connectivity index is 2.33. The fourth-order valence-corrected chi connectivity index (χ4v) is 2.64. The van der Waals surface area contributed by atoms with E-state index in [4.69, 9.17) is 10.5 Å². The van der Waals surface area contributed by atoms with Crippen molar-refractivity contribution in [1.29, 1.82) is 0 Å². The molecule has 17 heavy (non-hydrogen) atoms. The zero-order chi connectivity index (χ0) is 12.3. The van der Waals surface area contributed by atoms with E-state index in [0.717, 1.165) is 30.7 Å². The van der Waals surface area contributed by atoms with Crippen LogP contribution in [0.4, 0.5) is 5.69 Å². The predicted molar refractivity (Wildman–Crippen MR) is 74.3 cm³/mol. The van der Waals surface area contributed by atoms with Crippen molar-refractivity contribution in [2.45, 2.75) is 25.9 Å². The van der Waals surface area contributed by atoms with Gasteiger partial charge in [-0.1, -0.05) is 28.9 Å². The number of nitrogens with zero attached hydrogens (tertiary/aromatic N) is 1. The zero-order valence-corrected chi connectivity index (χ0v) is 11.7. The van der Waals surface area contributed by atoms with Gasteiger partial charge in [0, 0.05) is 23.2 Å². The van der Waals surface area contributed by atoms with Crippen LogP contribution >= 0.6 is 15.9 Å². The molecule has 4 heteroatoms. The van der Waals surface area contributed by atoms with E-state index in [9.17, 15) is 0 Å². The summed E-state index contributed by atoms with van der Waals surface area (Å²) in [5.74, 6) is 0. The average molecular weight is 299 g/mol. The minimum atomic E-state index is 0.461. The molecule has 1 aromatic rings. The van der Waals surface area contributed by atoms with Gasteiger partial charge >= 0.3 is 0 Å². The molecule has 94 valence electrons. The number of anilines is 1. The summed E-state index contributed by atoms with van der Waals surface area (Å²) >= 11 is 3.54. The molecule has 1 aromatic carbocycles. The lowest BCUT2D eigenvalue weighted by Gasteiger charge is -2.38. The van der Waals surface area contributed by atoms with Crippen molar-refractivity contribution < 1.29 is 4.74 Å². The van der Waals surface area contributed by atoms with Gasteiger partial charge in [-0.15, -0.1) is 0 Å². The highest BCUT2D eigenvalue weighted by Crippen LogP contribution is 2.28. The second-order valence-electron chi connectivity index (χ2n) is 4.31. The molecule has 1 aliphatic rings. The number of morpholine rings is 1. The van der Waals surface area contributed by atoms with Crippen LogP contribution in [0.15, 0.2) is 22.7 Å². The topological polar surface area (TPSA) is 38.5 Å². The van der Waals surface area contributed by atoms with Crippen LogP contribution in [0.2, 0.25) is 0 Å². The van der Waals surface area contributed by atoms with Crippen molar-refractivity contribution in [3.05, 3.63) is 28.2 Å². The quantitative estimate of drug-likeness (QED) is 0.932. The highest BCUT2D eigenvalue weighted by atomic mass is 79.9. The highest BCUT2D eigenvalue weighted by molar-refractivity contribution is 9.10. The summed E-state index contributed by atoms with van der Waals surface area (Å²) in [5.41, 5.74) is 8.27. The summed E-state index contributed by atoms with van der Waals surface area (Å²) in [4.78, 5) is 2.43. The summed E-state index contributed by atoms with van der Waals surface area (Å²) in [6.07, 6.45) is 1.09. The summed E-state index contributed by atoms with van der Waals surface area (Å²) in [5, 5.41) is 0. The van der Waals surface area contributed by atoms with Gasteiger partial charge in [0.1, 0.15) is 0 Å². The second-order valence-corrected chi connectivity index (χ2v) is 5.22. The highest BCUT2D eigenvalue weighted by Gasteiger charge is 2.23. The maximum atomic E-state index is 5.82. The van der Waals surface area contributed by atoms with Crippen molar-refractivity contribution in [2.24, 2.45) is 5.73 Å². The molecule has 2 N–H and O–H groups in total. The van der Waals surface area contributed by atoms with E-state index in [1.165, 1.54) is 11.3 Å². The van der Waals surface area contributed by atoms with E-state index in [2.05, 4.69) is 39.9 Å². The fourth-order valence-electron chi connectivity index (χ4n) is 2.29. The van der Waals surface area contributed by atoms with Crippen LogP contribution in [0.5, 0.6) is 0 Å². The monoisotopic (exact) mass is 298 g/mol. The van der Waals surface area contributed by atoms with Gasteiger partial charge in [0.25, 0.3) is 0 Å². The van der Waals surface area contributed by atoms with Gasteiger partial charge in [-0.05, 0) is 24.1 Å². The molecule has 1 heterocycles. The minimum Gasteiger partial charge on any atom is -0.377 e. The first kappa shape index (κ1) is 12.9. The third-order valence-corrected chi connectivity index (χ3v) is 3.77. The molecule has 0 saturated carbocycles. The molecule has 0 spiro atoms. The smallest absolute Gasteiger partial charge is 0.0670 e. The maximum absolute atomic E-state index is 5.82. The Bertz CT molecular complexity index is 384. The van der Waals surface area contributed by atoms with Crippen LogP contribution < -0.4 is 10.6 Å². The molecule has 1 atom stereocenters. The molecule has 0 amide bonds. The van der Waals surface area contributed by atoms with Crippen LogP contribution in [-0.4, -0.2) is 25.8 Å². The number of benzene rings is 1. The lowest BCUT2D eigenvalue weighted by atomic mass is 10.1. The molecule has 2 rings (SSSR count). The van der Waals surface area contributed by atoms with Gasteiger partial charge in [-0.3, -0.25) is 0 Å². The maximum Gasteiger partial charge on any atom is 0.0670 e. The standard InChI is InChI=1S/C13H19BrN2O/c1-2-12-9-17-6-5-16(12)13-7-11(14)4-3-10(13)8-15/h3-4,7,12H,2,5-6,8-9,15H2,1H3. The van der Waals surface area contributed by atoms with Crippen LogP contribution in [0, 0.1) is 0 Å². The number of nitrogens with two attached hydrogens (primary N) is 1. The van der Waals surface area contributed by atoms with Crippen molar-refractivity contribution >= 4 is 21.6 Å². The molecule has 0 radical (unpaired) electrons. The summed E-state index contributed by atoms with van der Waals surface area (Å²) in [7, 11) is 0. The van der Waals surface area contributed by atoms with Gasteiger partial charge in [0.15, 0.2) is 0 Å². The third kappa shape index (κ3) is 2.81. The molecule has 3 nitrogen and oxygen atoms in total. The number of halogens is 1. The van der Waals surface area contributed by atoms with E-state index >= 15 is 0 Å². The number of hydrogen-bond donors (Lipinski definition) is 1. The lowest BCUT2D eigenvalue weighted by Crippen LogP contribution is -2.45. The Morgan fingerprint density at radius 2 is 2.35 bits per heavy atom. The summed E-state index contributed by atoms with van der Waals surface area (Å²) in [6, 6.07) is 6.77. The average Bonchev–Trinajstić information content (AvgIpc) is 2.38. The van der Waals surface area contributed by atoms with Gasteiger partial charge in [-0.25, -0.2) is 0 Å². The Kier molecular flexibility index (Phi) is 4.42. The lowest BCUT2D eigenvalue weighted by molar-refractivity contribution is 0.0929. The summed E-state index contributed by atoms with van der Waals surface area (Å²) < 4.78 is 6.65. The minimum absolute atomic E-state index is 0.461. The Morgan fingerprint density at radius 1 is 1.53 bits per heavy atom. The van der Waals surface area contributed by atoms with Gasteiger partial charge in [0.2, 0.25) is 0 Å². The van der Waals surface area contributed by atoms with E-state index < -0.39 is 0 Å². The molecule has 1 aliphatic heterocycles. The largest absolute Gasteiger partial charge is 0.377 e. The first-order valence-corrected chi connectivity index (χ1v) is 6.88. The van der Waals surface area contributed by atoms with Crippen molar-refractivity contribution in [3.63, 3.8) is 0 Å². The molecule has 0 aromatic heterocycles. The van der Waals surface area contributed by atoms with Crippen molar-refractivity contribution in [3.8, 4) is 0 Å². The van der Waals surface area contributed by atoms with Gasteiger partial charge in [0.05, 0.1) is 19.3 Å². The molecular weight excluding hydrogens is 280 g/mol. The van der Waals surface area contributed by atoms with Gasteiger partial charge in [-0.2, -0.15) is 0 Å². The Labute approximate surface area is 111 Å². The van der Waals surface area contributed by atoms with Crippen LogP contribution in [-0.2, 0) is 11.3 Å². The van der Waals surface area contributed by atoms with Crippen molar-refractivity contribution in [1.82, 2.24) is 0 Å². The second kappa shape index (κ2) is 5.85. The normalized spacial score (nSPS) is 20.6. The fraction of sp³-hybridized carbons (Fsp3) is 0.538. The van der Waals surface area contributed by atoms with E-state index in [1.54, 1.807) is 0 Å². The van der Waals surface area contributed by atoms with Crippen LogP contribution in [0.3, 0.4) is 0 Å². The molecular formula is C13H19BrN2O. The van der Waals surface area contributed by atoms with Crippen molar-refractivity contribution in [2.75, 3.05) is 24.7 Å². The van der Waals surface area contributed by atoms with E-state index in [1.807, 2.05) is 6.07 Å². The number of rotatable bonds is 3. The predicted octanol–water partition coefficient (Wildman–Crippen LogP) is 2.52. The third-order valence-electron chi connectivity index (χ3n) is 3.28. The Hall–Kier alpha value is -0.580. The molecule has 1 saturated heterocycles. The van der Waals surface area contributed by atoms with Crippen LogP contribution in [0.1, 0.15) is 18.9 Å². The molecule has 1 fully saturated rings. The van der Waals surface area contributed by atoms with E-state index in [0.29, 0.717) is 12.6 Å². The van der Waals surface area contributed by atoms with Gasteiger partial charge < -0.3 is 15.4 Å². The summed E-state index contributed by atoms with van der Waals surface area (Å²) in [6.45, 7) is 5.34. The first-order chi connectivity index (χ1) is 8.26. The molecule has 1 unspecified atom stereocenters. The molecule has 0 bridgehead atoms. The number of ether oxygens (including phenoxy) is 1. The zero-order valence-electron chi connectivity index (χ0n) is 10.2. The first-order valence-electron chi connectivity index (χ1n) is 6.09. The SMILES string of the molecule is CCC1COCCN1c1cc(Br)ccc1CN. The van der Waals surface area contributed by atoms with E-state index in [-0.39, 0.29) is 0 Å². The molecule has 0 aliphatic carbocycles. The number of hydrogen-bond acceptors (Lipinski definition) is 3. The van der Waals surface area contributed by atoms with Crippen LogP contribution in [0.25, 0.3) is 0 Å². The Morgan fingerprint density at radius 3 is 3.06 bits per heavy atom.